The highest BCUT2D eigenvalue weighted by Crippen LogP contribution is 2.41. The summed E-state index contributed by atoms with van der Waals surface area (Å²) in [5.41, 5.74) is 11.8. The molecule has 60 heavy (non-hydrogen) atoms. The summed E-state index contributed by atoms with van der Waals surface area (Å²) in [6.45, 7) is 0. The normalized spacial score (nSPS) is 11.7. The van der Waals surface area contributed by atoms with E-state index in [4.69, 9.17) is 15.0 Å². The molecule has 0 aliphatic heterocycles. The van der Waals surface area contributed by atoms with Crippen LogP contribution in [-0.2, 0) is 0 Å². The first-order valence-corrected chi connectivity index (χ1v) is 20.3. The number of aromatic nitrogens is 5. The highest BCUT2D eigenvalue weighted by molar-refractivity contribution is 6.19. The lowest BCUT2D eigenvalue weighted by Crippen LogP contribution is -2.02. The van der Waals surface area contributed by atoms with Crippen molar-refractivity contribution in [1.29, 1.82) is 0 Å². The molecule has 0 atom stereocenters. The second-order valence-corrected chi connectivity index (χ2v) is 15.3. The molecule has 0 spiro atoms. The van der Waals surface area contributed by atoms with Gasteiger partial charge in [-0.25, -0.2) is 15.0 Å². The predicted octanol–water partition coefficient (Wildman–Crippen LogP) is 13.9. The molecule has 0 amide bonds. The van der Waals surface area contributed by atoms with Gasteiger partial charge < -0.3 is 9.13 Å². The number of hydrogen-bond donors (Lipinski definition) is 0. The molecule has 280 valence electrons. The Kier molecular flexibility index (Phi) is 7.78. The fourth-order valence-electron chi connectivity index (χ4n) is 8.97. The highest BCUT2D eigenvalue weighted by Gasteiger charge is 2.21. The van der Waals surface area contributed by atoms with E-state index < -0.39 is 0 Å². The summed E-state index contributed by atoms with van der Waals surface area (Å²) in [4.78, 5) is 15.6. The number of rotatable bonds is 6. The van der Waals surface area contributed by atoms with Crippen molar-refractivity contribution in [1.82, 2.24) is 24.1 Å². The molecule has 0 aliphatic rings. The molecule has 0 saturated carbocycles. The van der Waals surface area contributed by atoms with E-state index in [-0.39, 0.29) is 0 Å². The number of hydrogen-bond acceptors (Lipinski definition) is 3. The minimum atomic E-state index is 0.614. The van der Waals surface area contributed by atoms with Gasteiger partial charge in [-0.1, -0.05) is 158 Å². The van der Waals surface area contributed by atoms with Gasteiger partial charge in [0.25, 0.3) is 0 Å². The Bertz CT molecular complexity index is 3590. The lowest BCUT2D eigenvalue weighted by Gasteiger charge is -2.15. The third-order valence-electron chi connectivity index (χ3n) is 11.7. The Morgan fingerprint density at radius 2 is 0.767 bits per heavy atom. The summed E-state index contributed by atoms with van der Waals surface area (Å²) in [5, 5.41) is 7.11. The second-order valence-electron chi connectivity index (χ2n) is 15.3. The van der Waals surface area contributed by atoms with Crippen LogP contribution in [0.1, 0.15) is 0 Å². The van der Waals surface area contributed by atoms with E-state index in [0.29, 0.717) is 17.5 Å². The van der Waals surface area contributed by atoms with E-state index in [1.807, 2.05) is 24.3 Å². The van der Waals surface area contributed by atoms with Gasteiger partial charge in [0.1, 0.15) is 0 Å². The van der Waals surface area contributed by atoms with Crippen molar-refractivity contribution in [2.75, 3.05) is 0 Å². The van der Waals surface area contributed by atoms with Gasteiger partial charge in [-0.3, -0.25) is 0 Å². The maximum absolute atomic E-state index is 5.26. The molecule has 0 unspecified atom stereocenters. The van der Waals surface area contributed by atoms with Crippen LogP contribution in [0.4, 0.5) is 0 Å². The van der Waals surface area contributed by atoms with Gasteiger partial charge in [0, 0.05) is 49.3 Å². The molecule has 0 fully saturated rings. The van der Waals surface area contributed by atoms with E-state index in [9.17, 15) is 0 Å². The Balaban J connectivity index is 1.13. The minimum absolute atomic E-state index is 0.614. The molecule has 3 aromatic heterocycles. The average Bonchev–Trinajstić information content (AvgIpc) is 3.83. The number of fused-ring (bicyclic) bond motifs is 7. The summed E-state index contributed by atoms with van der Waals surface area (Å²) in [5.74, 6) is 1.87. The van der Waals surface area contributed by atoms with Gasteiger partial charge in [-0.05, 0) is 71.1 Å². The molecule has 5 nitrogen and oxygen atoms in total. The summed E-state index contributed by atoms with van der Waals surface area (Å²) >= 11 is 0. The maximum Gasteiger partial charge on any atom is 0.164 e. The van der Waals surface area contributed by atoms with Crippen LogP contribution in [0.3, 0.4) is 0 Å². The number of para-hydroxylation sites is 3. The topological polar surface area (TPSA) is 48.5 Å². The van der Waals surface area contributed by atoms with Gasteiger partial charge in [-0.2, -0.15) is 0 Å². The SMILES string of the molecule is c1ccc(-c2cccc(-c3nc(-c4ccccc4)nc(-c4cc(-n5c6ccccc6c6cc7c8ccccc8n(-c8ccccc8)c7cc65)c5ccccc5c4)n3)c2)cc1. The van der Waals surface area contributed by atoms with E-state index in [0.717, 1.165) is 66.5 Å². The van der Waals surface area contributed by atoms with Crippen molar-refractivity contribution in [3.05, 3.63) is 212 Å². The van der Waals surface area contributed by atoms with Gasteiger partial charge >= 0.3 is 0 Å². The van der Waals surface area contributed by atoms with Crippen molar-refractivity contribution in [3.63, 3.8) is 0 Å². The first-order valence-electron chi connectivity index (χ1n) is 20.3. The third kappa shape index (κ3) is 5.52. The quantitative estimate of drug-likeness (QED) is 0.169. The highest BCUT2D eigenvalue weighted by atomic mass is 15.0. The van der Waals surface area contributed by atoms with Crippen molar-refractivity contribution >= 4 is 54.4 Å². The summed E-state index contributed by atoms with van der Waals surface area (Å²) in [6.07, 6.45) is 0. The van der Waals surface area contributed by atoms with Crippen molar-refractivity contribution in [2.45, 2.75) is 0 Å². The second kappa shape index (κ2) is 13.8. The van der Waals surface area contributed by atoms with Gasteiger partial charge in [0.15, 0.2) is 17.5 Å². The average molecular weight is 766 g/mol. The van der Waals surface area contributed by atoms with Crippen LogP contribution < -0.4 is 0 Å². The van der Waals surface area contributed by atoms with Crippen molar-refractivity contribution < 1.29 is 0 Å². The van der Waals surface area contributed by atoms with Gasteiger partial charge in [0.05, 0.1) is 27.8 Å². The molecule has 5 heteroatoms. The molecule has 12 rings (SSSR count). The molecule has 12 aromatic rings. The molecule has 0 aliphatic carbocycles. The molecule has 0 N–H and O–H groups in total. The lowest BCUT2D eigenvalue weighted by molar-refractivity contribution is 1.07. The van der Waals surface area contributed by atoms with Gasteiger partial charge in [-0.15, -0.1) is 0 Å². The van der Waals surface area contributed by atoms with Crippen molar-refractivity contribution in [3.8, 4) is 56.7 Å². The summed E-state index contributed by atoms with van der Waals surface area (Å²) in [7, 11) is 0. The molecule has 0 bridgehead atoms. The molecular formula is C55H35N5. The predicted molar refractivity (Wildman–Crippen MR) is 248 cm³/mol. The van der Waals surface area contributed by atoms with Crippen molar-refractivity contribution in [2.24, 2.45) is 0 Å². The Labute approximate surface area is 346 Å². The monoisotopic (exact) mass is 765 g/mol. The number of benzene rings is 9. The van der Waals surface area contributed by atoms with Crippen LogP contribution in [0.25, 0.3) is 111 Å². The van der Waals surface area contributed by atoms with Crippen LogP contribution in [0.15, 0.2) is 212 Å². The fourth-order valence-corrected chi connectivity index (χ4v) is 8.97. The first kappa shape index (κ1) is 33.9. The molecular weight excluding hydrogens is 731 g/mol. The minimum Gasteiger partial charge on any atom is -0.309 e. The van der Waals surface area contributed by atoms with E-state index in [2.05, 4.69) is 197 Å². The summed E-state index contributed by atoms with van der Waals surface area (Å²) in [6, 6.07) is 75.1. The fraction of sp³-hybridized carbons (Fsp3) is 0. The zero-order chi connectivity index (χ0) is 39.6. The number of nitrogens with zero attached hydrogens (tertiary/aromatic N) is 5. The Morgan fingerprint density at radius 1 is 0.267 bits per heavy atom. The lowest BCUT2D eigenvalue weighted by atomic mass is 10.0. The van der Waals surface area contributed by atoms with Gasteiger partial charge in [0.2, 0.25) is 0 Å². The Hall–Kier alpha value is -8.15. The summed E-state index contributed by atoms with van der Waals surface area (Å²) < 4.78 is 4.83. The van der Waals surface area contributed by atoms with E-state index >= 15 is 0 Å². The van der Waals surface area contributed by atoms with Crippen LogP contribution >= 0.6 is 0 Å². The van der Waals surface area contributed by atoms with Crippen LogP contribution in [0.5, 0.6) is 0 Å². The van der Waals surface area contributed by atoms with Crippen LogP contribution in [-0.4, -0.2) is 24.1 Å². The molecule has 0 radical (unpaired) electrons. The largest absolute Gasteiger partial charge is 0.309 e. The smallest absolute Gasteiger partial charge is 0.164 e. The third-order valence-corrected chi connectivity index (χ3v) is 11.7. The molecule has 9 aromatic carbocycles. The zero-order valence-electron chi connectivity index (χ0n) is 32.4. The first-order chi connectivity index (χ1) is 29.7. The van der Waals surface area contributed by atoms with Crippen LogP contribution in [0, 0.1) is 0 Å². The van der Waals surface area contributed by atoms with Crippen LogP contribution in [0.2, 0.25) is 0 Å². The van der Waals surface area contributed by atoms with E-state index in [1.165, 1.54) is 27.1 Å². The Morgan fingerprint density at radius 3 is 1.47 bits per heavy atom. The van der Waals surface area contributed by atoms with E-state index in [1.54, 1.807) is 0 Å². The molecule has 0 saturated heterocycles. The zero-order valence-corrected chi connectivity index (χ0v) is 32.4. The molecule has 3 heterocycles. The maximum atomic E-state index is 5.26. The standard InChI is InChI=1S/C55H35N5/c1-4-17-36(18-5-1)38-22-16-23-40(31-38)54-56-53(37-19-6-2-7-20-37)57-55(58-54)41-32-39-21-10-11-26-43(39)50(33-41)60-49-30-15-13-28-45(49)47-34-46-44-27-12-14-29-48(44)59(51(46)35-52(47)60)42-24-8-3-9-25-42/h1-35H.